The Balaban J connectivity index is 1.68. The van der Waals surface area contributed by atoms with Crippen LogP contribution in [0.25, 0.3) is 0 Å². The summed E-state index contributed by atoms with van der Waals surface area (Å²) in [5, 5.41) is 5.53. The van der Waals surface area contributed by atoms with Gasteiger partial charge in [-0.25, -0.2) is 0 Å². The first-order valence-corrected chi connectivity index (χ1v) is 9.41. The summed E-state index contributed by atoms with van der Waals surface area (Å²) in [7, 11) is 1.55. The second kappa shape index (κ2) is 8.67. The molecule has 2 aromatic rings. The van der Waals surface area contributed by atoms with E-state index < -0.39 is 0 Å². The molecule has 0 aliphatic carbocycles. The molecule has 134 valence electrons. The largest absolute Gasteiger partial charge is 0.495 e. The standard InChI is InChI=1S/C18H21ClN2O3S/c1-23-16-5-4-13(11-14(16)19)18(22)20-12-15(17-3-2-10-25-17)21-6-8-24-9-7-21/h2-5,10-11,15H,6-9,12H2,1H3,(H,20,22)/t15-/m0/s1. The molecular formula is C18H21ClN2O3S. The van der Waals surface area contributed by atoms with E-state index in [0.717, 1.165) is 26.3 Å². The lowest BCUT2D eigenvalue weighted by Gasteiger charge is -2.34. The van der Waals surface area contributed by atoms with Crippen LogP contribution in [0.3, 0.4) is 0 Å². The molecule has 5 nitrogen and oxygen atoms in total. The summed E-state index contributed by atoms with van der Waals surface area (Å²) in [6, 6.07) is 9.36. The summed E-state index contributed by atoms with van der Waals surface area (Å²) in [4.78, 5) is 16.1. The summed E-state index contributed by atoms with van der Waals surface area (Å²) >= 11 is 7.82. The zero-order valence-electron chi connectivity index (χ0n) is 14.0. The van der Waals surface area contributed by atoms with Gasteiger partial charge in [0.05, 0.1) is 31.4 Å². The highest BCUT2D eigenvalue weighted by Crippen LogP contribution is 2.27. The van der Waals surface area contributed by atoms with Gasteiger partial charge < -0.3 is 14.8 Å². The van der Waals surface area contributed by atoms with E-state index in [4.69, 9.17) is 21.1 Å². The van der Waals surface area contributed by atoms with Crippen LogP contribution in [-0.2, 0) is 4.74 Å². The summed E-state index contributed by atoms with van der Waals surface area (Å²) in [6.45, 7) is 3.73. The molecule has 0 unspecified atom stereocenters. The maximum absolute atomic E-state index is 12.5. The van der Waals surface area contributed by atoms with Crippen LogP contribution in [0.5, 0.6) is 5.75 Å². The number of methoxy groups -OCH3 is 1. The van der Waals surface area contributed by atoms with Gasteiger partial charge in [0.1, 0.15) is 5.75 Å². The molecule has 0 bridgehead atoms. The molecule has 1 aromatic carbocycles. The zero-order valence-corrected chi connectivity index (χ0v) is 15.6. The van der Waals surface area contributed by atoms with E-state index in [0.29, 0.717) is 22.9 Å². The fourth-order valence-electron chi connectivity index (χ4n) is 2.88. The molecule has 0 saturated carbocycles. The van der Waals surface area contributed by atoms with Gasteiger partial charge in [0.25, 0.3) is 5.91 Å². The number of carbonyl (C=O) groups is 1. The van der Waals surface area contributed by atoms with Crippen LogP contribution in [0.15, 0.2) is 35.7 Å². The van der Waals surface area contributed by atoms with E-state index in [1.807, 2.05) is 6.07 Å². The van der Waals surface area contributed by atoms with Crippen LogP contribution in [0.2, 0.25) is 5.02 Å². The van der Waals surface area contributed by atoms with Crippen LogP contribution >= 0.6 is 22.9 Å². The number of hydrogen-bond donors (Lipinski definition) is 1. The van der Waals surface area contributed by atoms with Crippen molar-refractivity contribution in [3.05, 3.63) is 51.2 Å². The summed E-state index contributed by atoms with van der Waals surface area (Å²) in [5.41, 5.74) is 0.526. The van der Waals surface area contributed by atoms with E-state index in [2.05, 4.69) is 21.7 Å². The Morgan fingerprint density at radius 1 is 1.40 bits per heavy atom. The predicted molar refractivity (Wildman–Crippen MR) is 99.8 cm³/mol. The topological polar surface area (TPSA) is 50.8 Å². The van der Waals surface area contributed by atoms with Crippen LogP contribution in [-0.4, -0.2) is 50.8 Å². The van der Waals surface area contributed by atoms with Gasteiger partial charge in [0, 0.05) is 30.1 Å². The normalized spacial score (nSPS) is 16.4. The van der Waals surface area contributed by atoms with Crippen molar-refractivity contribution < 1.29 is 14.3 Å². The zero-order chi connectivity index (χ0) is 17.6. The third-order valence-corrected chi connectivity index (χ3v) is 5.50. The number of ether oxygens (including phenoxy) is 2. The van der Waals surface area contributed by atoms with E-state index in [-0.39, 0.29) is 11.9 Å². The predicted octanol–water partition coefficient (Wildman–Crippen LogP) is 3.21. The van der Waals surface area contributed by atoms with E-state index in [1.165, 1.54) is 4.88 Å². The van der Waals surface area contributed by atoms with Crippen molar-refractivity contribution in [1.82, 2.24) is 10.2 Å². The number of rotatable bonds is 6. The second-order valence-electron chi connectivity index (χ2n) is 5.74. The molecule has 0 radical (unpaired) electrons. The molecule has 1 saturated heterocycles. The number of amides is 1. The Kier molecular flexibility index (Phi) is 6.31. The first-order valence-electron chi connectivity index (χ1n) is 8.16. The van der Waals surface area contributed by atoms with Crippen LogP contribution in [0, 0.1) is 0 Å². The molecule has 1 aliphatic heterocycles. The molecule has 25 heavy (non-hydrogen) atoms. The third kappa shape index (κ3) is 4.52. The van der Waals surface area contributed by atoms with Crippen molar-refractivity contribution in [2.75, 3.05) is 40.0 Å². The summed E-state index contributed by atoms with van der Waals surface area (Å²) in [6.07, 6.45) is 0. The molecule has 0 spiro atoms. The maximum atomic E-state index is 12.5. The highest BCUT2D eigenvalue weighted by molar-refractivity contribution is 7.10. The minimum absolute atomic E-state index is 0.139. The van der Waals surface area contributed by atoms with Crippen molar-refractivity contribution >= 4 is 28.8 Å². The maximum Gasteiger partial charge on any atom is 0.251 e. The van der Waals surface area contributed by atoms with Gasteiger partial charge in [-0.05, 0) is 29.6 Å². The number of morpholine rings is 1. The first-order chi connectivity index (χ1) is 12.2. The first kappa shape index (κ1) is 18.2. The number of thiophene rings is 1. The van der Waals surface area contributed by atoms with Crippen molar-refractivity contribution in [3.8, 4) is 5.75 Å². The fraction of sp³-hybridized carbons (Fsp3) is 0.389. The Morgan fingerprint density at radius 2 is 2.20 bits per heavy atom. The lowest BCUT2D eigenvalue weighted by Crippen LogP contribution is -2.43. The molecule has 1 amide bonds. The van der Waals surface area contributed by atoms with Gasteiger partial charge in [-0.2, -0.15) is 0 Å². The average molecular weight is 381 g/mol. The van der Waals surface area contributed by atoms with Gasteiger partial charge in [0.15, 0.2) is 0 Å². The molecule has 1 fully saturated rings. The monoisotopic (exact) mass is 380 g/mol. The van der Waals surface area contributed by atoms with Gasteiger partial charge in [-0.3, -0.25) is 9.69 Å². The van der Waals surface area contributed by atoms with Crippen molar-refractivity contribution in [1.29, 1.82) is 0 Å². The molecular weight excluding hydrogens is 360 g/mol. The Bertz CT molecular complexity index is 702. The Hall–Kier alpha value is -1.60. The lowest BCUT2D eigenvalue weighted by molar-refractivity contribution is 0.0169. The minimum Gasteiger partial charge on any atom is -0.495 e. The minimum atomic E-state index is -0.139. The highest BCUT2D eigenvalue weighted by atomic mass is 35.5. The molecule has 1 atom stereocenters. The number of nitrogens with zero attached hydrogens (tertiary/aromatic N) is 1. The van der Waals surface area contributed by atoms with Gasteiger partial charge in [-0.1, -0.05) is 17.7 Å². The lowest BCUT2D eigenvalue weighted by atomic mass is 10.1. The molecule has 3 rings (SSSR count). The molecule has 1 N–H and O–H groups in total. The molecule has 7 heteroatoms. The van der Waals surface area contributed by atoms with E-state index in [1.54, 1.807) is 36.6 Å². The number of benzene rings is 1. The average Bonchev–Trinajstić information content (AvgIpc) is 3.17. The number of hydrogen-bond acceptors (Lipinski definition) is 5. The number of carbonyl (C=O) groups excluding carboxylic acids is 1. The summed E-state index contributed by atoms with van der Waals surface area (Å²) < 4.78 is 10.6. The number of nitrogens with one attached hydrogen (secondary N) is 1. The number of halogens is 1. The van der Waals surface area contributed by atoms with Crippen LogP contribution < -0.4 is 10.1 Å². The van der Waals surface area contributed by atoms with Crippen molar-refractivity contribution in [2.24, 2.45) is 0 Å². The van der Waals surface area contributed by atoms with E-state index >= 15 is 0 Å². The quantitative estimate of drug-likeness (QED) is 0.836. The molecule has 2 heterocycles. The smallest absolute Gasteiger partial charge is 0.251 e. The fourth-order valence-corrected chi connectivity index (χ4v) is 4.00. The Labute approximate surface area is 156 Å². The SMILES string of the molecule is COc1ccc(C(=O)NC[C@@H](c2cccs2)N2CCOCC2)cc1Cl. The summed E-state index contributed by atoms with van der Waals surface area (Å²) in [5.74, 6) is 0.419. The van der Waals surface area contributed by atoms with E-state index in [9.17, 15) is 4.79 Å². The third-order valence-electron chi connectivity index (χ3n) is 4.23. The molecule has 1 aliphatic rings. The van der Waals surface area contributed by atoms with Crippen molar-refractivity contribution in [3.63, 3.8) is 0 Å². The van der Waals surface area contributed by atoms with Crippen molar-refractivity contribution in [2.45, 2.75) is 6.04 Å². The van der Waals surface area contributed by atoms with Gasteiger partial charge in [0.2, 0.25) is 0 Å². The van der Waals surface area contributed by atoms with Crippen LogP contribution in [0.4, 0.5) is 0 Å². The highest BCUT2D eigenvalue weighted by Gasteiger charge is 2.24. The second-order valence-corrected chi connectivity index (χ2v) is 7.13. The van der Waals surface area contributed by atoms with Crippen LogP contribution in [0.1, 0.15) is 21.3 Å². The Morgan fingerprint density at radius 3 is 2.84 bits per heavy atom. The van der Waals surface area contributed by atoms with Gasteiger partial charge >= 0.3 is 0 Å². The molecule has 1 aromatic heterocycles. The van der Waals surface area contributed by atoms with Gasteiger partial charge in [-0.15, -0.1) is 11.3 Å².